The van der Waals surface area contributed by atoms with E-state index in [9.17, 15) is 4.79 Å². The molecule has 0 radical (unpaired) electrons. The van der Waals surface area contributed by atoms with Gasteiger partial charge in [0, 0.05) is 38.1 Å². The lowest BCUT2D eigenvalue weighted by atomic mass is 10.1. The highest BCUT2D eigenvalue weighted by atomic mass is 16.5. The topological polar surface area (TPSA) is 63.2 Å². The normalized spacial score (nSPS) is 12.0. The molecule has 19 heavy (non-hydrogen) atoms. The highest BCUT2D eigenvalue weighted by molar-refractivity contribution is 5.95. The van der Waals surface area contributed by atoms with Gasteiger partial charge in [-0.15, -0.1) is 0 Å². The lowest BCUT2D eigenvalue weighted by Crippen LogP contribution is -2.33. The molecule has 1 heterocycles. The Labute approximate surface area is 114 Å². The standard InChI is InChI=1S/C14H23N3O2/c1-5-12-8-11(9-13(15-3)17-12)14(18)16-10(2)6-7-19-4/h8-10H,5-7H2,1-4H3,(H,15,17)(H,16,18). The summed E-state index contributed by atoms with van der Waals surface area (Å²) in [5.41, 5.74) is 1.54. The molecule has 5 nitrogen and oxygen atoms in total. The van der Waals surface area contributed by atoms with E-state index in [4.69, 9.17) is 4.74 Å². The van der Waals surface area contributed by atoms with Gasteiger partial charge in [-0.1, -0.05) is 6.92 Å². The van der Waals surface area contributed by atoms with Gasteiger partial charge in [0.2, 0.25) is 0 Å². The Hall–Kier alpha value is -1.62. The summed E-state index contributed by atoms with van der Waals surface area (Å²) >= 11 is 0. The van der Waals surface area contributed by atoms with Crippen LogP contribution in [0.1, 0.15) is 36.3 Å². The summed E-state index contributed by atoms with van der Waals surface area (Å²) in [6.07, 6.45) is 1.60. The Morgan fingerprint density at radius 1 is 1.47 bits per heavy atom. The van der Waals surface area contributed by atoms with Crippen molar-refractivity contribution < 1.29 is 9.53 Å². The van der Waals surface area contributed by atoms with Gasteiger partial charge in [0.05, 0.1) is 0 Å². The molecule has 0 bridgehead atoms. The molecule has 1 aromatic heterocycles. The third-order valence-electron chi connectivity index (χ3n) is 2.89. The summed E-state index contributed by atoms with van der Waals surface area (Å²) in [5, 5.41) is 5.93. The minimum Gasteiger partial charge on any atom is -0.385 e. The fourth-order valence-corrected chi connectivity index (χ4v) is 1.70. The van der Waals surface area contributed by atoms with E-state index in [1.54, 1.807) is 20.2 Å². The van der Waals surface area contributed by atoms with E-state index in [0.29, 0.717) is 18.0 Å². The first-order valence-electron chi connectivity index (χ1n) is 6.59. The van der Waals surface area contributed by atoms with Gasteiger partial charge >= 0.3 is 0 Å². The van der Waals surface area contributed by atoms with Crippen molar-refractivity contribution in [2.24, 2.45) is 0 Å². The SMILES string of the molecule is CCc1cc(C(=O)NC(C)CCOC)cc(NC)n1. The average molecular weight is 265 g/mol. The van der Waals surface area contributed by atoms with Crippen LogP contribution in [0.3, 0.4) is 0 Å². The molecule has 1 aromatic rings. The van der Waals surface area contributed by atoms with E-state index in [0.717, 1.165) is 18.5 Å². The summed E-state index contributed by atoms with van der Waals surface area (Å²) in [6, 6.07) is 3.68. The molecule has 0 aromatic carbocycles. The van der Waals surface area contributed by atoms with E-state index in [1.807, 2.05) is 19.9 Å². The first kappa shape index (κ1) is 15.4. The monoisotopic (exact) mass is 265 g/mol. The Morgan fingerprint density at radius 3 is 2.79 bits per heavy atom. The fraction of sp³-hybridized carbons (Fsp3) is 0.571. The number of nitrogens with zero attached hydrogens (tertiary/aromatic N) is 1. The Morgan fingerprint density at radius 2 is 2.21 bits per heavy atom. The van der Waals surface area contributed by atoms with Crippen LogP contribution in [-0.2, 0) is 11.2 Å². The molecule has 0 spiro atoms. The molecule has 106 valence electrons. The first-order valence-corrected chi connectivity index (χ1v) is 6.59. The molecule has 1 rings (SSSR count). The van der Waals surface area contributed by atoms with Crippen LogP contribution in [0.25, 0.3) is 0 Å². The van der Waals surface area contributed by atoms with Gasteiger partial charge in [-0.2, -0.15) is 0 Å². The number of methoxy groups -OCH3 is 1. The molecule has 2 N–H and O–H groups in total. The third kappa shape index (κ3) is 4.87. The zero-order valence-corrected chi connectivity index (χ0v) is 12.1. The van der Waals surface area contributed by atoms with Gasteiger partial charge in [-0.25, -0.2) is 4.98 Å². The van der Waals surface area contributed by atoms with E-state index in [2.05, 4.69) is 15.6 Å². The third-order valence-corrected chi connectivity index (χ3v) is 2.89. The van der Waals surface area contributed by atoms with Crippen LogP contribution < -0.4 is 10.6 Å². The summed E-state index contributed by atoms with van der Waals surface area (Å²) < 4.78 is 5.00. The molecule has 5 heteroatoms. The lowest BCUT2D eigenvalue weighted by Gasteiger charge is -2.14. The maximum absolute atomic E-state index is 12.1. The maximum atomic E-state index is 12.1. The minimum atomic E-state index is -0.0720. The van der Waals surface area contributed by atoms with Gasteiger partial charge in [0.15, 0.2) is 0 Å². The number of pyridine rings is 1. The number of hydrogen-bond donors (Lipinski definition) is 2. The molecule has 1 atom stereocenters. The summed E-state index contributed by atoms with van der Waals surface area (Å²) in [4.78, 5) is 16.5. The second kappa shape index (κ2) is 7.74. The predicted molar refractivity (Wildman–Crippen MR) is 76.6 cm³/mol. The van der Waals surface area contributed by atoms with Crippen LogP contribution in [0.4, 0.5) is 5.82 Å². The molecule has 0 saturated heterocycles. The van der Waals surface area contributed by atoms with Crippen LogP contribution in [0.5, 0.6) is 0 Å². The number of hydrogen-bond acceptors (Lipinski definition) is 4. The van der Waals surface area contributed by atoms with Crippen molar-refractivity contribution in [3.8, 4) is 0 Å². The number of aromatic nitrogens is 1. The number of nitrogens with one attached hydrogen (secondary N) is 2. The van der Waals surface area contributed by atoms with E-state index in [1.165, 1.54) is 0 Å². The number of amides is 1. The lowest BCUT2D eigenvalue weighted by molar-refractivity contribution is 0.0929. The number of ether oxygens (including phenoxy) is 1. The number of anilines is 1. The van der Waals surface area contributed by atoms with E-state index in [-0.39, 0.29) is 11.9 Å². The largest absolute Gasteiger partial charge is 0.385 e. The molecule has 0 fully saturated rings. The van der Waals surface area contributed by atoms with E-state index >= 15 is 0 Å². The van der Waals surface area contributed by atoms with Crippen molar-refractivity contribution in [1.29, 1.82) is 0 Å². The van der Waals surface area contributed by atoms with Crippen molar-refractivity contribution in [2.45, 2.75) is 32.7 Å². The quantitative estimate of drug-likeness (QED) is 0.789. The van der Waals surface area contributed by atoms with Crippen LogP contribution >= 0.6 is 0 Å². The Balaban J connectivity index is 2.75. The fourth-order valence-electron chi connectivity index (χ4n) is 1.70. The molecule has 1 amide bonds. The molecule has 0 aliphatic heterocycles. The van der Waals surface area contributed by atoms with Crippen molar-refractivity contribution >= 4 is 11.7 Å². The molecule has 0 aliphatic rings. The predicted octanol–water partition coefficient (Wildman–Crippen LogP) is 1.84. The molecule has 0 aliphatic carbocycles. The summed E-state index contributed by atoms with van der Waals surface area (Å²) in [5.74, 6) is 0.645. The number of rotatable bonds is 7. The molecule has 1 unspecified atom stereocenters. The van der Waals surface area contributed by atoms with Crippen molar-refractivity contribution in [1.82, 2.24) is 10.3 Å². The molecular formula is C14H23N3O2. The minimum absolute atomic E-state index is 0.0720. The smallest absolute Gasteiger partial charge is 0.251 e. The zero-order chi connectivity index (χ0) is 14.3. The number of aryl methyl sites for hydroxylation is 1. The Kier molecular flexibility index (Phi) is 6.29. The van der Waals surface area contributed by atoms with E-state index < -0.39 is 0 Å². The average Bonchev–Trinajstić information content (AvgIpc) is 2.44. The summed E-state index contributed by atoms with van der Waals surface area (Å²) in [7, 11) is 3.45. The highest BCUT2D eigenvalue weighted by Gasteiger charge is 2.11. The zero-order valence-electron chi connectivity index (χ0n) is 12.1. The van der Waals surface area contributed by atoms with Crippen LogP contribution in [-0.4, -0.2) is 37.7 Å². The van der Waals surface area contributed by atoms with Gasteiger partial charge in [-0.3, -0.25) is 4.79 Å². The van der Waals surface area contributed by atoms with Crippen LogP contribution in [0.15, 0.2) is 12.1 Å². The van der Waals surface area contributed by atoms with Crippen molar-refractivity contribution in [2.75, 3.05) is 26.1 Å². The number of carbonyl (C=O) groups excluding carboxylic acids is 1. The van der Waals surface area contributed by atoms with Gasteiger partial charge in [0.25, 0.3) is 5.91 Å². The molecular weight excluding hydrogens is 242 g/mol. The van der Waals surface area contributed by atoms with Crippen molar-refractivity contribution in [3.63, 3.8) is 0 Å². The van der Waals surface area contributed by atoms with Gasteiger partial charge in [-0.05, 0) is 31.9 Å². The van der Waals surface area contributed by atoms with Gasteiger partial charge in [0.1, 0.15) is 5.82 Å². The second-order valence-electron chi connectivity index (χ2n) is 4.49. The second-order valence-corrected chi connectivity index (χ2v) is 4.49. The van der Waals surface area contributed by atoms with Crippen molar-refractivity contribution in [3.05, 3.63) is 23.4 Å². The molecule has 0 saturated carbocycles. The van der Waals surface area contributed by atoms with Crippen LogP contribution in [0, 0.1) is 0 Å². The summed E-state index contributed by atoms with van der Waals surface area (Å²) in [6.45, 7) is 4.63. The van der Waals surface area contributed by atoms with Gasteiger partial charge < -0.3 is 15.4 Å². The van der Waals surface area contributed by atoms with Crippen LogP contribution in [0.2, 0.25) is 0 Å². The Bertz CT molecular complexity index is 399. The number of carbonyl (C=O) groups is 1. The first-order chi connectivity index (χ1) is 9.10. The highest BCUT2D eigenvalue weighted by Crippen LogP contribution is 2.11. The maximum Gasteiger partial charge on any atom is 0.251 e.